The molecule has 1 aliphatic carbocycles. The summed E-state index contributed by atoms with van der Waals surface area (Å²) >= 11 is 6.04. The predicted octanol–water partition coefficient (Wildman–Crippen LogP) is 5.42. The smallest absolute Gasteiger partial charge is 0.232 e. The highest BCUT2D eigenvalue weighted by molar-refractivity contribution is 6.30. The summed E-state index contributed by atoms with van der Waals surface area (Å²) in [5.41, 5.74) is 3.65. The predicted molar refractivity (Wildman–Crippen MR) is 112 cm³/mol. The third-order valence-corrected chi connectivity index (χ3v) is 5.16. The maximum absolute atomic E-state index is 6.04. The fourth-order valence-electron chi connectivity index (χ4n) is 3.16. The molecule has 0 radical (unpaired) electrons. The molecule has 1 saturated carbocycles. The van der Waals surface area contributed by atoms with E-state index in [1.807, 2.05) is 66.9 Å². The molecular weight excluding hydrogens is 386 g/mol. The van der Waals surface area contributed by atoms with E-state index in [-0.39, 0.29) is 0 Å². The first-order valence-electron chi connectivity index (χ1n) is 9.70. The van der Waals surface area contributed by atoms with Crippen LogP contribution >= 0.6 is 11.6 Å². The minimum absolute atomic E-state index is 0.396. The zero-order valence-electron chi connectivity index (χ0n) is 15.8. The molecule has 0 atom stereocenters. The van der Waals surface area contributed by atoms with Crippen LogP contribution in [0.3, 0.4) is 0 Å². The molecule has 0 aliphatic heterocycles. The molecule has 0 amide bonds. The summed E-state index contributed by atoms with van der Waals surface area (Å²) in [6.07, 6.45) is 4.37. The van der Waals surface area contributed by atoms with E-state index in [1.165, 1.54) is 12.8 Å². The number of ether oxygens (including phenoxy) is 2. The van der Waals surface area contributed by atoms with Crippen LogP contribution in [0.2, 0.25) is 5.02 Å². The molecule has 0 bridgehead atoms. The molecule has 5 rings (SSSR count). The number of benzene rings is 2. The molecule has 0 spiro atoms. The molecule has 6 heteroatoms. The molecule has 1 fully saturated rings. The van der Waals surface area contributed by atoms with E-state index in [9.17, 15) is 0 Å². The van der Waals surface area contributed by atoms with Crippen LogP contribution in [-0.4, -0.2) is 21.2 Å². The van der Waals surface area contributed by atoms with Crippen LogP contribution in [0.5, 0.6) is 11.6 Å². The summed E-state index contributed by atoms with van der Waals surface area (Å²) in [6.45, 7) is 1.18. The summed E-state index contributed by atoms with van der Waals surface area (Å²) in [4.78, 5) is 4.47. The van der Waals surface area contributed by atoms with Crippen LogP contribution < -0.4 is 9.47 Å². The normalized spacial score (nSPS) is 13.6. The van der Waals surface area contributed by atoms with Crippen LogP contribution in [0.1, 0.15) is 18.4 Å². The van der Waals surface area contributed by atoms with Crippen LogP contribution in [0.4, 0.5) is 0 Å². The van der Waals surface area contributed by atoms with Crippen molar-refractivity contribution in [2.45, 2.75) is 19.4 Å². The van der Waals surface area contributed by atoms with Gasteiger partial charge in [0, 0.05) is 16.7 Å². The van der Waals surface area contributed by atoms with Crippen molar-refractivity contribution in [2.24, 2.45) is 5.92 Å². The molecule has 0 N–H and O–H groups in total. The van der Waals surface area contributed by atoms with Gasteiger partial charge in [0.1, 0.15) is 12.4 Å². The number of fused-ring (bicyclic) bond motifs is 1. The third kappa shape index (κ3) is 4.20. The van der Waals surface area contributed by atoms with E-state index in [4.69, 9.17) is 21.1 Å². The topological polar surface area (TPSA) is 48.7 Å². The van der Waals surface area contributed by atoms with Gasteiger partial charge in [-0.15, -0.1) is 5.10 Å². The van der Waals surface area contributed by atoms with Gasteiger partial charge >= 0.3 is 0 Å². The van der Waals surface area contributed by atoms with Gasteiger partial charge < -0.3 is 9.47 Å². The Morgan fingerprint density at radius 3 is 2.76 bits per heavy atom. The van der Waals surface area contributed by atoms with Crippen molar-refractivity contribution in [3.05, 3.63) is 77.4 Å². The van der Waals surface area contributed by atoms with E-state index >= 15 is 0 Å². The van der Waals surface area contributed by atoms with Gasteiger partial charge in [0.15, 0.2) is 5.65 Å². The maximum Gasteiger partial charge on any atom is 0.232 e. The number of imidazole rings is 1. The lowest BCUT2D eigenvalue weighted by molar-refractivity contribution is 0.289. The van der Waals surface area contributed by atoms with Gasteiger partial charge in [0.05, 0.1) is 18.5 Å². The number of rotatable bonds is 7. The zero-order valence-corrected chi connectivity index (χ0v) is 16.5. The monoisotopic (exact) mass is 405 g/mol. The molecule has 2 heterocycles. The Bertz CT molecular complexity index is 1150. The van der Waals surface area contributed by atoms with Crippen molar-refractivity contribution >= 4 is 17.2 Å². The van der Waals surface area contributed by atoms with E-state index in [0.29, 0.717) is 17.5 Å². The summed E-state index contributed by atoms with van der Waals surface area (Å²) in [7, 11) is 0. The molecular formula is C23H20ClN3O2. The van der Waals surface area contributed by atoms with Gasteiger partial charge in [0.25, 0.3) is 0 Å². The molecule has 0 saturated heterocycles. The Kier molecular flexibility index (Phi) is 4.82. The van der Waals surface area contributed by atoms with Crippen molar-refractivity contribution in [1.29, 1.82) is 0 Å². The second-order valence-electron chi connectivity index (χ2n) is 7.29. The van der Waals surface area contributed by atoms with Crippen molar-refractivity contribution in [3.63, 3.8) is 0 Å². The van der Waals surface area contributed by atoms with E-state index in [2.05, 4.69) is 10.1 Å². The Hall–Kier alpha value is -3.05. The van der Waals surface area contributed by atoms with Crippen LogP contribution in [0, 0.1) is 5.92 Å². The Morgan fingerprint density at radius 1 is 1.00 bits per heavy atom. The Morgan fingerprint density at radius 2 is 1.90 bits per heavy atom. The minimum Gasteiger partial charge on any atom is -0.493 e. The number of hydrogen-bond acceptors (Lipinski definition) is 4. The zero-order chi connectivity index (χ0) is 19.6. The highest BCUT2D eigenvalue weighted by Crippen LogP contribution is 2.31. The molecule has 0 unspecified atom stereocenters. The lowest BCUT2D eigenvalue weighted by Crippen LogP contribution is -2.02. The quantitative estimate of drug-likeness (QED) is 0.412. The van der Waals surface area contributed by atoms with Crippen LogP contribution in [-0.2, 0) is 6.61 Å². The first-order chi connectivity index (χ1) is 14.2. The van der Waals surface area contributed by atoms with Gasteiger partial charge in [-0.1, -0.05) is 35.9 Å². The van der Waals surface area contributed by atoms with E-state index in [1.54, 1.807) is 4.52 Å². The first kappa shape index (κ1) is 18.0. The van der Waals surface area contributed by atoms with E-state index < -0.39 is 0 Å². The number of nitrogens with zero attached hydrogens (tertiary/aromatic N) is 3. The molecule has 146 valence electrons. The standard InChI is InChI=1S/C23H20ClN3O2/c24-19-5-1-3-17(11-19)15-29-23-10-9-22-25-13-21(27(22)26-23)18-4-2-6-20(12-18)28-14-16-7-8-16/h1-6,9-13,16H,7-8,14-15H2. The lowest BCUT2D eigenvalue weighted by Gasteiger charge is -2.09. The van der Waals surface area contributed by atoms with Crippen LogP contribution in [0.25, 0.3) is 16.9 Å². The van der Waals surface area contributed by atoms with Gasteiger partial charge in [-0.25, -0.2) is 9.50 Å². The van der Waals surface area contributed by atoms with Gasteiger partial charge in [0.2, 0.25) is 5.88 Å². The number of halogens is 1. The number of hydrogen-bond donors (Lipinski definition) is 0. The van der Waals surface area contributed by atoms with E-state index in [0.717, 1.165) is 40.7 Å². The first-order valence-corrected chi connectivity index (χ1v) is 10.1. The second-order valence-corrected chi connectivity index (χ2v) is 7.72. The summed E-state index contributed by atoms with van der Waals surface area (Å²) < 4.78 is 13.6. The molecule has 2 aromatic heterocycles. The Labute approximate surface area is 173 Å². The highest BCUT2D eigenvalue weighted by Gasteiger charge is 2.22. The second kappa shape index (κ2) is 7.76. The minimum atomic E-state index is 0.396. The molecule has 2 aromatic carbocycles. The summed E-state index contributed by atoms with van der Waals surface area (Å²) in [5.74, 6) is 2.12. The lowest BCUT2D eigenvalue weighted by atomic mass is 10.1. The summed E-state index contributed by atoms with van der Waals surface area (Å²) in [5, 5.41) is 5.31. The molecule has 4 aromatic rings. The largest absolute Gasteiger partial charge is 0.493 e. The van der Waals surface area contributed by atoms with Gasteiger partial charge in [-0.2, -0.15) is 0 Å². The van der Waals surface area contributed by atoms with Crippen molar-refractivity contribution in [3.8, 4) is 22.9 Å². The SMILES string of the molecule is Clc1cccc(COc2ccc3ncc(-c4cccc(OCC5CC5)c4)n3n2)c1. The fourth-order valence-corrected chi connectivity index (χ4v) is 3.37. The number of aromatic nitrogens is 3. The van der Waals surface area contributed by atoms with Crippen molar-refractivity contribution in [2.75, 3.05) is 6.61 Å². The van der Waals surface area contributed by atoms with Crippen molar-refractivity contribution in [1.82, 2.24) is 14.6 Å². The van der Waals surface area contributed by atoms with Crippen molar-refractivity contribution < 1.29 is 9.47 Å². The Balaban J connectivity index is 1.38. The van der Waals surface area contributed by atoms with Gasteiger partial charge in [-0.05, 0) is 54.7 Å². The fraction of sp³-hybridized carbons (Fsp3) is 0.217. The average molecular weight is 406 g/mol. The third-order valence-electron chi connectivity index (χ3n) is 4.93. The maximum atomic E-state index is 6.04. The van der Waals surface area contributed by atoms with Gasteiger partial charge in [-0.3, -0.25) is 0 Å². The molecule has 5 nitrogen and oxygen atoms in total. The highest BCUT2D eigenvalue weighted by atomic mass is 35.5. The summed E-state index contributed by atoms with van der Waals surface area (Å²) in [6, 6.07) is 19.4. The molecule has 1 aliphatic rings. The van der Waals surface area contributed by atoms with Crippen LogP contribution in [0.15, 0.2) is 66.9 Å². The molecule has 29 heavy (non-hydrogen) atoms. The average Bonchev–Trinajstić information content (AvgIpc) is 3.48.